The van der Waals surface area contributed by atoms with Crippen molar-refractivity contribution in [3.63, 3.8) is 0 Å². The SMILES string of the molecule is O=C(O)CCN(C(=O)c1csc(Nc2cccc(Cl)c2Cl)n1)C1CC1. The van der Waals surface area contributed by atoms with Gasteiger partial charge >= 0.3 is 5.97 Å². The number of aromatic nitrogens is 1. The fourth-order valence-electron chi connectivity index (χ4n) is 2.34. The molecule has 25 heavy (non-hydrogen) atoms. The molecule has 0 radical (unpaired) electrons. The first-order chi connectivity index (χ1) is 12.0. The van der Waals surface area contributed by atoms with Gasteiger partial charge in [0.25, 0.3) is 5.91 Å². The van der Waals surface area contributed by atoms with Crippen LogP contribution < -0.4 is 5.32 Å². The number of carboxylic acids is 1. The Kier molecular flexibility index (Phi) is 5.46. The summed E-state index contributed by atoms with van der Waals surface area (Å²) in [5.41, 5.74) is 0.899. The maximum absolute atomic E-state index is 12.6. The number of hydrogen-bond acceptors (Lipinski definition) is 5. The topological polar surface area (TPSA) is 82.5 Å². The van der Waals surface area contributed by atoms with Crippen molar-refractivity contribution in [3.05, 3.63) is 39.3 Å². The monoisotopic (exact) mass is 399 g/mol. The summed E-state index contributed by atoms with van der Waals surface area (Å²) in [6.45, 7) is 0.194. The van der Waals surface area contributed by atoms with Crippen molar-refractivity contribution in [2.45, 2.75) is 25.3 Å². The second-order valence-corrected chi connectivity index (χ2v) is 7.28. The van der Waals surface area contributed by atoms with Crippen molar-refractivity contribution in [1.29, 1.82) is 0 Å². The number of nitrogens with zero attached hydrogens (tertiary/aromatic N) is 2. The highest BCUT2D eigenvalue weighted by Crippen LogP contribution is 2.33. The number of carbonyl (C=O) groups is 2. The first kappa shape index (κ1) is 18.0. The Labute approximate surface area is 158 Å². The molecule has 6 nitrogen and oxygen atoms in total. The molecule has 2 N–H and O–H groups in total. The zero-order valence-corrected chi connectivity index (χ0v) is 15.4. The van der Waals surface area contributed by atoms with E-state index in [0.29, 0.717) is 26.6 Å². The third kappa shape index (κ3) is 4.42. The van der Waals surface area contributed by atoms with Crippen molar-refractivity contribution in [3.8, 4) is 0 Å². The molecule has 0 bridgehead atoms. The van der Waals surface area contributed by atoms with Crippen LogP contribution in [0.1, 0.15) is 29.8 Å². The summed E-state index contributed by atoms with van der Waals surface area (Å²) in [6, 6.07) is 5.33. The average molecular weight is 400 g/mol. The number of rotatable bonds is 7. The predicted octanol–water partition coefficient (Wildman–Crippen LogP) is 4.27. The number of amides is 1. The van der Waals surface area contributed by atoms with Gasteiger partial charge in [-0.3, -0.25) is 9.59 Å². The van der Waals surface area contributed by atoms with Crippen molar-refractivity contribution >= 4 is 57.2 Å². The van der Waals surface area contributed by atoms with E-state index in [2.05, 4.69) is 10.3 Å². The van der Waals surface area contributed by atoms with Crippen LogP contribution >= 0.6 is 34.5 Å². The largest absolute Gasteiger partial charge is 0.481 e. The van der Waals surface area contributed by atoms with Crippen LogP contribution in [0.4, 0.5) is 10.8 Å². The first-order valence-electron chi connectivity index (χ1n) is 7.65. The fraction of sp³-hybridized carbons (Fsp3) is 0.312. The van der Waals surface area contributed by atoms with Crippen LogP contribution in [-0.4, -0.2) is 39.5 Å². The first-order valence-corrected chi connectivity index (χ1v) is 9.28. The Morgan fingerprint density at radius 3 is 2.80 bits per heavy atom. The Bertz CT molecular complexity index is 808. The summed E-state index contributed by atoms with van der Waals surface area (Å²) in [5, 5.41) is 14.9. The molecule has 9 heteroatoms. The van der Waals surface area contributed by atoms with Gasteiger partial charge in [0, 0.05) is 18.0 Å². The van der Waals surface area contributed by atoms with Gasteiger partial charge in [-0.2, -0.15) is 0 Å². The molecule has 0 unspecified atom stereocenters. The second kappa shape index (κ2) is 7.59. The van der Waals surface area contributed by atoms with Crippen LogP contribution in [0.15, 0.2) is 23.6 Å². The summed E-state index contributed by atoms with van der Waals surface area (Å²) in [6.07, 6.45) is 1.73. The summed E-state index contributed by atoms with van der Waals surface area (Å²) >= 11 is 13.4. The Morgan fingerprint density at radius 1 is 1.36 bits per heavy atom. The molecule has 0 aliphatic heterocycles. The number of aliphatic carboxylic acids is 1. The molecule has 0 atom stereocenters. The molecule has 1 aromatic heterocycles. The zero-order chi connectivity index (χ0) is 18.0. The minimum Gasteiger partial charge on any atom is -0.481 e. The van der Waals surface area contributed by atoms with Gasteiger partial charge in [0.1, 0.15) is 5.69 Å². The lowest BCUT2D eigenvalue weighted by Gasteiger charge is -2.20. The van der Waals surface area contributed by atoms with Gasteiger partial charge in [-0.25, -0.2) is 4.98 Å². The number of anilines is 2. The zero-order valence-electron chi connectivity index (χ0n) is 13.0. The summed E-state index contributed by atoms with van der Waals surface area (Å²) in [7, 11) is 0. The van der Waals surface area contributed by atoms with Crippen molar-refractivity contribution < 1.29 is 14.7 Å². The van der Waals surface area contributed by atoms with Gasteiger partial charge in [0.15, 0.2) is 5.13 Å². The second-order valence-electron chi connectivity index (χ2n) is 5.64. The number of carboxylic acid groups (broad SMARTS) is 1. The third-order valence-electron chi connectivity index (χ3n) is 3.73. The van der Waals surface area contributed by atoms with Crippen molar-refractivity contribution in [2.75, 3.05) is 11.9 Å². The number of nitrogens with one attached hydrogen (secondary N) is 1. The molecule has 1 fully saturated rings. The molecule has 0 saturated heterocycles. The minimum atomic E-state index is -0.922. The highest BCUT2D eigenvalue weighted by Gasteiger charge is 2.34. The van der Waals surface area contributed by atoms with E-state index < -0.39 is 5.97 Å². The predicted molar refractivity (Wildman–Crippen MR) is 98.2 cm³/mol. The number of hydrogen-bond donors (Lipinski definition) is 2. The highest BCUT2D eigenvalue weighted by molar-refractivity contribution is 7.14. The number of carbonyl (C=O) groups excluding carboxylic acids is 1. The van der Waals surface area contributed by atoms with Crippen LogP contribution in [0.25, 0.3) is 0 Å². The van der Waals surface area contributed by atoms with Crippen LogP contribution in [0.5, 0.6) is 0 Å². The Hall–Kier alpha value is -1.83. The lowest BCUT2D eigenvalue weighted by atomic mass is 10.3. The summed E-state index contributed by atoms with van der Waals surface area (Å²) in [4.78, 5) is 29.3. The maximum atomic E-state index is 12.6. The molecule has 1 heterocycles. The molecular formula is C16H15Cl2N3O3S. The van der Waals surface area contributed by atoms with Gasteiger partial charge in [0.2, 0.25) is 0 Å². The molecule has 1 aromatic carbocycles. The van der Waals surface area contributed by atoms with Crippen LogP contribution in [0.2, 0.25) is 10.0 Å². The fourth-order valence-corrected chi connectivity index (χ4v) is 3.39. The standard InChI is InChI=1S/C16H15Cl2N3O3S/c17-10-2-1-3-11(14(10)18)19-16-20-12(8-25-16)15(24)21(9-4-5-9)7-6-13(22)23/h1-3,8-9H,4-7H2,(H,19,20)(H,22,23). The summed E-state index contributed by atoms with van der Waals surface area (Å²) in [5.74, 6) is -1.17. The minimum absolute atomic E-state index is 0.0738. The number of halogens is 2. The number of benzene rings is 1. The lowest BCUT2D eigenvalue weighted by molar-refractivity contribution is -0.137. The van der Waals surface area contributed by atoms with E-state index in [-0.39, 0.29) is 24.9 Å². The highest BCUT2D eigenvalue weighted by atomic mass is 35.5. The van der Waals surface area contributed by atoms with Crippen LogP contribution in [0, 0.1) is 0 Å². The van der Waals surface area contributed by atoms with Gasteiger partial charge in [0.05, 0.1) is 22.2 Å². The third-order valence-corrected chi connectivity index (χ3v) is 5.31. The maximum Gasteiger partial charge on any atom is 0.305 e. The van der Waals surface area contributed by atoms with E-state index in [1.807, 2.05) is 0 Å². The Balaban J connectivity index is 1.72. The molecule has 1 amide bonds. The Morgan fingerprint density at radius 2 is 2.12 bits per heavy atom. The van der Waals surface area contributed by atoms with Crippen molar-refractivity contribution in [2.24, 2.45) is 0 Å². The lowest BCUT2D eigenvalue weighted by Crippen LogP contribution is -2.35. The van der Waals surface area contributed by atoms with Crippen molar-refractivity contribution in [1.82, 2.24) is 9.88 Å². The molecule has 1 aliphatic carbocycles. The van der Waals surface area contributed by atoms with E-state index in [4.69, 9.17) is 28.3 Å². The molecule has 132 valence electrons. The molecule has 1 aliphatic rings. The van der Waals surface area contributed by atoms with Gasteiger partial charge in [-0.05, 0) is 25.0 Å². The van der Waals surface area contributed by atoms with Gasteiger partial charge in [-0.1, -0.05) is 29.3 Å². The quantitative estimate of drug-likeness (QED) is 0.725. The smallest absolute Gasteiger partial charge is 0.305 e. The molecule has 3 rings (SSSR count). The van der Waals surface area contributed by atoms with Gasteiger partial charge in [-0.15, -0.1) is 11.3 Å². The molecule has 0 spiro atoms. The van der Waals surface area contributed by atoms with E-state index >= 15 is 0 Å². The molecular weight excluding hydrogens is 385 g/mol. The van der Waals surface area contributed by atoms with E-state index in [1.54, 1.807) is 28.5 Å². The average Bonchev–Trinajstić information content (AvgIpc) is 3.29. The van der Waals surface area contributed by atoms with Crippen LogP contribution in [0.3, 0.4) is 0 Å². The molecule has 2 aromatic rings. The molecule has 1 saturated carbocycles. The van der Waals surface area contributed by atoms with E-state index in [1.165, 1.54) is 11.3 Å². The van der Waals surface area contributed by atoms with E-state index in [9.17, 15) is 9.59 Å². The normalized spacial score (nSPS) is 13.5. The number of thiazole rings is 1. The van der Waals surface area contributed by atoms with E-state index in [0.717, 1.165) is 12.8 Å². The summed E-state index contributed by atoms with van der Waals surface area (Å²) < 4.78 is 0. The van der Waals surface area contributed by atoms with Gasteiger partial charge < -0.3 is 15.3 Å². The van der Waals surface area contributed by atoms with Crippen LogP contribution in [-0.2, 0) is 4.79 Å².